The second kappa shape index (κ2) is 5.91. The molecule has 1 aliphatic carbocycles. The number of hydrogen-bond acceptors (Lipinski definition) is 1. The Labute approximate surface area is 147 Å². The molecule has 0 bridgehead atoms. The SMILES string of the molecule is Cc1ccnc(-c2[c-]cc3c(c2)C(C)(C)CCC3(C)C)c1.[Ir]. The first-order valence-corrected chi connectivity index (χ1v) is 7.79. The van der Waals surface area contributed by atoms with E-state index in [2.05, 4.69) is 63.9 Å². The molecule has 1 aromatic carbocycles. The molecule has 1 radical (unpaired) electrons. The van der Waals surface area contributed by atoms with E-state index in [9.17, 15) is 0 Å². The number of aromatic nitrogens is 1. The largest absolute Gasteiger partial charge is 0.305 e. The molecule has 0 saturated carbocycles. The molecule has 0 unspecified atom stereocenters. The molecule has 3 rings (SSSR count). The maximum Gasteiger partial charge on any atom is 0.0163 e. The molecule has 22 heavy (non-hydrogen) atoms. The van der Waals surface area contributed by atoms with Gasteiger partial charge in [-0.25, -0.2) is 0 Å². The van der Waals surface area contributed by atoms with Crippen LogP contribution in [0, 0.1) is 13.0 Å². The van der Waals surface area contributed by atoms with Crippen LogP contribution in [0.1, 0.15) is 57.2 Å². The van der Waals surface area contributed by atoms with E-state index < -0.39 is 0 Å². The molecule has 1 aliphatic rings. The minimum Gasteiger partial charge on any atom is -0.305 e. The van der Waals surface area contributed by atoms with Gasteiger partial charge in [0.05, 0.1) is 0 Å². The Bertz CT molecular complexity index is 686. The molecule has 119 valence electrons. The molecule has 0 spiro atoms. The van der Waals surface area contributed by atoms with Crippen molar-refractivity contribution in [2.45, 2.75) is 58.3 Å². The van der Waals surface area contributed by atoms with E-state index in [0.29, 0.717) is 0 Å². The summed E-state index contributed by atoms with van der Waals surface area (Å²) in [7, 11) is 0. The van der Waals surface area contributed by atoms with Crippen molar-refractivity contribution in [2.75, 3.05) is 0 Å². The maximum atomic E-state index is 4.51. The third-order valence-electron chi connectivity index (χ3n) is 4.98. The van der Waals surface area contributed by atoms with E-state index in [1.165, 1.54) is 29.5 Å². The van der Waals surface area contributed by atoms with E-state index in [1.807, 2.05) is 12.3 Å². The van der Waals surface area contributed by atoms with Gasteiger partial charge in [0.15, 0.2) is 0 Å². The van der Waals surface area contributed by atoms with Crippen LogP contribution < -0.4 is 0 Å². The number of fused-ring (bicyclic) bond motifs is 1. The summed E-state index contributed by atoms with van der Waals surface area (Å²) in [5, 5.41) is 0. The second-order valence-corrected chi connectivity index (χ2v) is 7.66. The van der Waals surface area contributed by atoms with Crippen LogP contribution in [0.25, 0.3) is 11.3 Å². The van der Waals surface area contributed by atoms with Gasteiger partial charge in [0.25, 0.3) is 0 Å². The van der Waals surface area contributed by atoms with Crippen molar-refractivity contribution >= 4 is 0 Å². The molecular weight excluding hydrogens is 446 g/mol. The molecule has 1 aromatic heterocycles. The first-order chi connectivity index (χ1) is 9.79. The smallest absolute Gasteiger partial charge is 0.0163 e. The molecule has 0 saturated heterocycles. The Balaban J connectivity index is 0.00000176. The second-order valence-electron chi connectivity index (χ2n) is 7.66. The van der Waals surface area contributed by atoms with Gasteiger partial charge in [-0.3, -0.25) is 0 Å². The first-order valence-electron chi connectivity index (χ1n) is 7.79. The molecule has 2 aromatic rings. The predicted octanol–water partition coefficient (Wildman–Crippen LogP) is 5.20. The van der Waals surface area contributed by atoms with Gasteiger partial charge in [-0.15, -0.1) is 34.9 Å². The number of pyridine rings is 1. The fraction of sp³-hybridized carbons (Fsp3) is 0.450. The van der Waals surface area contributed by atoms with Crippen molar-refractivity contribution in [3.63, 3.8) is 0 Å². The van der Waals surface area contributed by atoms with Gasteiger partial charge in [-0.05, 0) is 35.9 Å². The van der Waals surface area contributed by atoms with Crippen molar-refractivity contribution in [1.82, 2.24) is 4.98 Å². The molecule has 0 aliphatic heterocycles. The van der Waals surface area contributed by atoms with Gasteiger partial charge in [0, 0.05) is 26.3 Å². The first kappa shape index (κ1) is 17.4. The number of nitrogens with zero attached hydrogens (tertiary/aromatic N) is 1. The average molecular weight is 471 g/mol. The standard InChI is InChI=1S/C20H24N.Ir/c1-14-8-11-21-18(12-14)15-6-7-16-17(13-15)20(4,5)10-9-19(16,2)3;/h7-8,11-13H,9-10H2,1-5H3;/q-1;. The number of rotatable bonds is 1. The zero-order chi connectivity index (χ0) is 15.3. The third-order valence-corrected chi connectivity index (χ3v) is 4.98. The van der Waals surface area contributed by atoms with Gasteiger partial charge in [-0.1, -0.05) is 45.7 Å². The van der Waals surface area contributed by atoms with E-state index in [1.54, 1.807) is 0 Å². The van der Waals surface area contributed by atoms with Crippen LogP contribution in [0.3, 0.4) is 0 Å². The Hall–Kier alpha value is -0.981. The van der Waals surface area contributed by atoms with Crippen molar-refractivity contribution < 1.29 is 20.1 Å². The fourth-order valence-electron chi connectivity index (χ4n) is 3.34. The Morgan fingerprint density at radius 2 is 1.64 bits per heavy atom. The minimum atomic E-state index is 0. The van der Waals surface area contributed by atoms with Crippen LogP contribution in [0.5, 0.6) is 0 Å². The van der Waals surface area contributed by atoms with E-state index in [0.717, 1.165) is 11.3 Å². The molecule has 1 heterocycles. The summed E-state index contributed by atoms with van der Waals surface area (Å²) >= 11 is 0. The third kappa shape index (κ3) is 3.05. The van der Waals surface area contributed by atoms with Gasteiger partial charge in [-0.2, -0.15) is 0 Å². The Kier molecular flexibility index (Phi) is 4.66. The molecule has 0 atom stereocenters. The maximum absolute atomic E-state index is 4.51. The summed E-state index contributed by atoms with van der Waals surface area (Å²) in [6.07, 6.45) is 4.35. The molecule has 2 heteroatoms. The number of benzene rings is 1. The van der Waals surface area contributed by atoms with Crippen LogP contribution in [0.2, 0.25) is 0 Å². The summed E-state index contributed by atoms with van der Waals surface area (Å²) in [6.45, 7) is 11.5. The number of aryl methyl sites for hydroxylation is 1. The van der Waals surface area contributed by atoms with Gasteiger partial charge in [0.1, 0.15) is 0 Å². The van der Waals surface area contributed by atoms with Crippen LogP contribution in [0.4, 0.5) is 0 Å². The van der Waals surface area contributed by atoms with Crippen LogP contribution in [0.15, 0.2) is 30.5 Å². The molecular formula is C20H24IrN-. The van der Waals surface area contributed by atoms with Crippen molar-refractivity contribution in [3.05, 3.63) is 53.2 Å². The Morgan fingerprint density at radius 3 is 2.27 bits per heavy atom. The average Bonchev–Trinajstić information content (AvgIpc) is 2.44. The molecule has 0 N–H and O–H groups in total. The van der Waals surface area contributed by atoms with Crippen molar-refractivity contribution in [3.8, 4) is 11.3 Å². The predicted molar refractivity (Wildman–Crippen MR) is 88.5 cm³/mol. The molecule has 0 amide bonds. The zero-order valence-electron chi connectivity index (χ0n) is 14.1. The fourth-order valence-corrected chi connectivity index (χ4v) is 3.34. The van der Waals surface area contributed by atoms with Gasteiger partial charge in [0.2, 0.25) is 0 Å². The minimum absolute atomic E-state index is 0. The number of hydrogen-bond donors (Lipinski definition) is 0. The summed E-state index contributed by atoms with van der Waals surface area (Å²) in [5.74, 6) is 0. The normalized spacial score (nSPS) is 18.2. The van der Waals surface area contributed by atoms with Gasteiger partial charge < -0.3 is 4.98 Å². The zero-order valence-corrected chi connectivity index (χ0v) is 16.5. The van der Waals surface area contributed by atoms with Gasteiger partial charge >= 0.3 is 0 Å². The van der Waals surface area contributed by atoms with E-state index >= 15 is 0 Å². The van der Waals surface area contributed by atoms with Crippen molar-refractivity contribution in [1.29, 1.82) is 0 Å². The summed E-state index contributed by atoms with van der Waals surface area (Å²) in [5.41, 5.74) is 6.79. The summed E-state index contributed by atoms with van der Waals surface area (Å²) in [4.78, 5) is 4.51. The van der Waals surface area contributed by atoms with Crippen molar-refractivity contribution in [2.24, 2.45) is 0 Å². The van der Waals surface area contributed by atoms with Crippen LogP contribution >= 0.6 is 0 Å². The van der Waals surface area contributed by atoms with E-state index in [4.69, 9.17) is 0 Å². The van der Waals surface area contributed by atoms with E-state index in [-0.39, 0.29) is 30.9 Å². The Morgan fingerprint density at radius 1 is 1.00 bits per heavy atom. The quantitative estimate of drug-likeness (QED) is 0.522. The van der Waals surface area contributed by atoms with Crippen LogP contribution in [-0.2, 0) is 30.9 Å². The summed E-state index contributed by atoms with van der Waals surface area (Å²) < 4.78 is 0. The molecule has 1 nitrogen and oxygen atoms in total. The summed E-state index contributed by atoms with van der Waals surface area (Å²) in [6, 6.07) is 12.2. The molecule has 0 fully saturated rings. The van der Waals surface area contributed by atoms with Crippen LogP contribution in [-0.4, -0.2) is 4.98 Å². The topological polar surface area (TPSA) is 12.9 Å². The monoisotopic (exact) mass is 471 g/mol.